The minimum absolute atomic E-state index is 0.150. The highest BCUT2D eigenvalue weighted by atomic mass is 16.6. The Labute approximate surface area is 103 Å². The van der Waals surface area contributed by atoms with E-state index in [1.807, 2.05) is 27.7 Å². The quantitative estimate of drug-likeness (QED) is 0.710. The molecule has 1 aliphatic rings. The average Bonchev–Trinajstić information content (AvgIpc) is 2.52. The molecular weight excluding hydrogens is 220 g/mol. The zero-order valence-corrected chi connectivity index (χ0v) is 11.3. The zero-order chi connectivity index (χ0) is 13.3. The summed E-state index contributed by atoms with van der Waals surface area (Å²) in [4.78, 5) is 23.4. The minimum Gasteiger partial charge on any atom is -0.458 e. The molecule has 0 aromatic heterocycles. The normalized spacial score (nSPS) is 29.0. The van der Waals surface area contributed by atoms with Crippen LogP contribution in [0.1, 0.15) is 53.9 Å². The summed E-state index contributed by atoms with van der Waals surface area (Å²) < 4.78 is 10.7. The number of ether oxygens (including phenoxy) is 2. The maximum Gasteiger partial charge on any atom is 0.312 e. The van der Waals surface area contributed by atoms with Crippen molar-refractivity contribution in [3.05, 3.63) is 0 Å². The van der Waals surface area contributed by atoms with Gasteiger partial charge >= 0.3 is 11.9 Å². The Morgan fingerprint density at radius 1 is 1.53 bits per heavy atom. The van der Waals surface area contributed by atoms with Gasteiger partial charge in [0.1, 0.15) is 6.10 Å². The molecule has 2 atom stereocenters. The summed E-state index contributed by atoms with van der Waals surface area (Å²) in [6.07, 6.45) is 1.18. The SMILES string of the molecule is CCC1OC(=O)CC1(C)OC(=O)C(C)(C)CC. The Balaban J connectivity index is 2.79. The van der Waals surface area contributed by atoms with Crippen LogP contribution in [0.5, 0.6) is 0 Å². The molecule has 0 saturated carbocycles. The number of esters is 2. The Morgan fingerprint density at radius 3 is 2.59 bits per heavy atom. The van der Waals surface area contributed by atoms with Crippen LogP contribution in [0.2, 0.25) is 0 Å². The van der Waals surface area contributed by atoms with E-state index >= 15 is 0 Å². The van der Waals surface area contributed by atoms with Crippen LogP contribution < -0.4 is 0 Å². The lowest BCUT2D eigenvalue weighted by Gasteiger charge is -2.32. The molecule has 4 nitrogen and oxygen atoms in total. The zero-order valence-electron chi connectivity index (χ0n) is 11.3. The fraction of sp³-hybridized carbons (Fsp3) is 0.846. The van der Waals surface area contributed by atoms with Crippen LogP contribution in [-0.2, 0) is 19.1 Å². The second-order valence-corrected chi connectivity index (χ2v) is 5.50. The van der Waals surface area contributed by atoms with E-state index in [2.05, 4.69) is 0 Å². The van der Waals surface area contributed by atoms with Crippen molar-refractivity contribution in [1.29, 1.82) is 0 Å². The predicted octanol–water partition coefficient (Wildman–Crippen LogP) is 2.45. The Morgan fingerprint density at radius 2 is 2.12 bits per heavy atom. The van der Waals surface area contributed by atoms with E-state index in [0.717, 1.165) is 0 Å². The van der Waals surface area contributed by atoms with Crippen LogP contribution >= 0.6 is 0 Å². The molecule has 98 valence electrons. The summed E-state index contributed by atoms with van der Waals surface area (Å²) in [5.41, 5.74) is -1.33. The van der Waals surface area contributed by atoms with Crippen molar-refractivity contribution >= 4 is 11.9 Å². The van der Waals surface area contributed by atoms with Crippen LogP contribution in [-0.4, -0.2) is 23.6 Å². The standard InChI is InChI=1S/C13H22O4/c1-6-9-13(5,8-10(14)16-9)17-11(15)12(3,4)7-2/h9H,6-8H2,1-5H3. The summed E-state index contributed by atoms with van der Waals surface area (Å²) in [6.45, 7) is 9.32. The molecule has 2 unspecified atom stereocenters. The summed E-state index contributed by atoms with van der Waals surface area (Å²) in [5.74, 6) is -0.555. The molecule has 17 heavy (non-hydrogen) atoms. The molecule has 0 amide bonds. The number of carbonyl (C=O) groups is 2. The molecule has 4 heteroatoms. The molecule has 0 N–H and O–H groups in total. The van der Waals surface area contributed by atoms with Crippen LogP contribution in [0.3, 0.4) is 0 Å². The summed E-state index contributed by atoms with van der Waals surface area (Å²) in [5, 5.41) is 0. The van der Waals surface area contributed by atoms with E-state index in [9.17, 15) is 9.59 Å². The molecule has 1 rings (SSSR count). The van der Waals surface area contributed by atoms with Crippen molar-refractivity contribution in [2.75, 3.05) is 0 Å². The summed E-state index contributed by atoms with van der Waals surface area (Å²) in [6, 6.07) is 0. The van der Waals surface area contributed by atoms with E-state index in [-0.39, 0.29) is 24.5 Å². The van der Waals surface area contributed by atoms with Crippen molar-refractivity contribution in [3.8, 4) is 0 Å². The maximum atomic E-state index is 12.0. The number of carbonyl (C=O) groups excluding carboxylic acids is 2. The van der Waals surface area contributed by atoms with Gasteiger partial charge in [-0.1, -0.05) is 13.8 Å². The summed E-state index contributed by atoms with van der Waals surface area (Å²) in [7, 11) is 0. The van der Waals surface area contributed by atoms with Gasteiger partial charge in [-0.3, -0.25) is 9.59 Å². The lowest BCUT2D eigenvalue weighted by atomic mass is 9.89. The van der Waals surface area contributed by atoms with E-state index < -0.39 is 11.0 Å². The van der Waals surface area contributed by atoms with Crippen molar-refractivity contribution in [2.45, 2.75) is 65.6 Å². The van der Waals surface area contributed by atoms with Gasteiger partial charge in [-0.05, 0) is 33.6 Å². The van der Waals surface area contributed by atoms with Gasteiger partial charge in [-0.2, -0.15) is 0 Å². The Kier molecular flexibility index (Phi) is 3.84. The highest BCUT2D eigenvalue weighted by molar-refractivity contribution is 5.79. The Bertz CT molecular complexity index is 321. The first-order valence-corrected chi connectivity index (χ1v) is 6.18. The van der Waals surface area contributed by atoms with Crippen molar-refractivity contribution < 1.29 is 19.1 Å². The van der Waals surface area contributed by atoms with Crippen LogP contribution in [0.4, 0.5) is 0 Å². The first-order valence-electron chi connectivity index (χ1n) is 6.18. The molecule has 0 spiro atoms. The highest BCUT2D eigenvalue weighted by Crippen LogP contribution is 2.35. The van der Waals surface area contributed by atoms with Gasteiger partial charge in [0, 0.05) is 0 Å². The second-order valence-electron chi connectivity index (χ2n) is 5.50. The van der Waals surface area contributed by atoms with E-state index in [1.165, 1.54) is 0 Å². The van der Waals surface area contributed by atoms with Gasteiger partial charge in [0.2, 0.25) is 0 Å². The highest BCUT2D eigenvalue weighted by Gasteiger charge is 2.49. The summed E-state index contributed by atoms with van der Waals surface area (Å²) >= 11 is 0. The first kappa shape index (κ1) is 14.0. The van der Waals surface area contributed by atoms with Crippen molar-refractivity contribution in [1.82, 2.24) is 0 Å². The molecular formula is C13H22O4. The van der Waals surface area contributed by atoms with Gasteiger partial charge in [0.15, 0.2) is 5.60 Å². The predicted molar refractivity (Wildman–Crippen MR) is 63.4 cm³/mol. The second kappa shape index (κ2) is 4.67. The third-order valence-electron chi connectivity index (χ3n) is 3.58. The van der Waals surface area contributed by atoms with Gasteiger partial charge in [-0.15, -0.1) is 0 Å². The van der Waals surface area contributed by atoms with Crippen LogP contribution in [0, 0.1) is 5.41 Å². The number of cyclic esters (lactones) is 1. The van der Waals surface area contributed by atoms with Gasteiger partial charge in [0.05, 0.1) is 11.8 Å². The van der Waals surface area contributed by atoms with Crippen molar-refractivity contribution in [2.24, 2.45) is 5.41 Å². The van der Waals surface area contributed by atoms with Crippen LogP contribution in [0.25, 0.3) is 0 Å². The largest absolute Gasteiger partial charge is 0.458 e. The van der Waals surface area contributed by atoms with Crippen molar-refractivity contribution in [3.63, 3.8) is 0 Å². The number of hydrogen-bond acceptors (Lipinski definition) is 4. The molecule has 0 aromatic rings. The third kappa shape index (κ3) is 2.79. The lowest BCUT2D eigenvalue weighted by Crippen LogP contribution is -2.43. The lowest BCUT2D eigenvalue weighted by molar-refractivity contribution is -0.175. The van der Waals surface area contributed by atoms with E-state index in [0.29, 0.717) is 12.8 Å². The molecule has 1 fully saturated rings. The van der Waals surface area contributed by atoms with Crippen LogP contribution in [0.15, 0.2) is 0 Å². The molecule has 0 radical (unpaired) electrons. The monoisotopic (exact) mass is 242 g/mol. The molecule has 0 aliphatic carbocycles. The Hall–Kier alpha value is -1.06. The van der Waals surface area contributed by atoms with Gasteiger partial charge in [-0.25, -0.2) is 0 Å². The first-order chi connectivity index (χ1) is 7.75. The minimum atomic E-state index is -0.810. The number of hydrogen-bond donors (Lipinski definition) is 0. The fourth-order valence-electron chi connectivity index (χ4n) is 1.84. The molecule has 1 saturated heterocycles. The smallest absolute Gasteiger partial charge is 0.312 e. The topological polar surface area (TPSA) is 52.6 Å². The average molecular weight is 242 g/mol. The molecule has 0 bridgehead atoms. The van der Waals surface area contributed by atoms with E-state index in [1.54, 1.807) is 6.92 Å². The van der Waals surface area contributed by atoms with E-state index in [4.69, 9.17) is 9.47 Å². The fourth-order valence-corrected chi connectivity index (χ4v) is 1.84. The van der Waals surface area contributed by atoms with Gasteiger partial charge in [0.25, 0.3) is 0 Å². The molecule has 0 aromatic carbocycles. The molecule has 1 aliphatic heterocycles. The maximum absolute atomic E-state index is 12.0. The van der Waals surface area contributed by atoms with Gasteiger partial charge < -0.3 is 9.47 Å². The molecule has 1 heterocycles. The number of rotatable bonds is 4. The third-order valence-corrected chi connectivity index (χ3v) is 3.58.